The highest BCUT2D eigenvalue weighted by Gasteiger charge is 2.25. The van der Waals surface area contributed by atoms with Gasteiger partial charge in [0.15, 0.2) is 0 Å². The number of hydrogen-bond donors (Lipinski definition) is 0. The number of nitrogens with zero attached hydrogens (tertiary/aromatic N) is 4. The van der Waals surface area contributed by atoms with Gasteiger partial charge in [0.05, 0.1) is 5.02 Å². The number of piperidine rings is 1. The number of likely N-dealkylation sites (N-methyl/N-ethyl adjacent to an activating group) is 1. The van der Waals surface area contributed by atoms with Crippen LogP contribution >= 0.6 is 11.6 Å². The molecule has 0 radical (unpaired) electrons. The summed E-state index contributed by atoms with van der Waals surface area (Å²) in [4.78, 5) is 11.9. The number of piperazine rings is 1. The molecule has 0 bridgehead atoms. The Morgan fingerprint density at radius 1 is 1.24 bits per heavy atom. The molecule has 3 heterocycles. The second-order valence-corrected chi connectivity index (χ2v) is 6.77. The molecule has 0 aromatic carbocycles. The van der Waals surface area contributed by atoms with E-state index in [1.807, 2.05) is 18.3 Å². The van der Waals surface area contributed by atoms with Gasteiger partial charge in [-0.1, -0.05) is 11.6 Å². The van der Waals surface area contributed by atoms with Crippen LogP contribution in [0.3, 0.4) is 0 Å². The van der Waals surface area contributed by atoms with Crippen molar-refractivity contribution in [3.8, 4) is 0 Å². The Labute approximate surface area is 132 Å². The lowest BCUT2D eigenvalue weighted by Gasteiger charge is -2.39. The van der Waals surface area contributed by atoms with Crippen molar-refractivity contribution in [3.63, 3.8) is 0 Å². The van der Waals surface area contributed by atoms with Gasteiger partial charge in [0.2, 0.25) is 0 Å². The zero-order valence-electron chi connectivity index (χ0n) is 12.8. The van der Waals surface area contributed by atoms with Gasteiger partial charge in [0.1, 0.15) is 5.82 Å². The van der Waals surface area contributed by atoms with E-state index >= 15 is 0 Å². The molecular weight excluding hydrogens is 284 g/mol. The van der Waals surface area contributed by atoms with E-state index in [2.05, 4.69) is 26.7 Å². The molecule has 1 aromatic rings. The molecule has 0 N–H and O–H groups in total. The van der Waals surface area contributed by atoms with Crippen LogP contribution in [-0.2, 0) is 0 Å². The van der Waals surface area contributed by atoms with Crippen LogP contribution in [0.1, 0.15) is 12.8 Å². The summed E-state index contributed by atoms with van der Waals surface area (Å²) in [5.74, 6) is 1.70. The van der Waals surface area contributed by atoms with Gasteiger partial charge in [-0.25, -0.2) is 4.98 Å². The van der Waals surface area contributed by atoms with Crippen LogP contribution in [0.15, 0.2) is 18.3 Å². The Morgan fingerprint density at radius 3 is 2.81 bits per heavy atom. The van der Waals surface area contributed by atoms with Crippen molar-refractivity contribution in [2.75, 3.05) is 57.8 Å². The molecule has 1 aromatic heterocycles. The summed E-state index contributed by atoms with van der Waals surface area (Å²) in [7, 11) is 2.21. The van der Waals surface area contributed by atoms with E-state index in [1.165, 1.54) is 45.6 Å². The molecular formula is C16H25ClN4. The molecule has 0 unspecified atom stereocenters. The molecule has 21 heavy (non-hydrogen) atoms. The molecule has 116 valence electrons. The van der Waals surface area contributed by atoms with E-state index in [1.54, 1.807) is 0 Å². The van der Waals surface area contributed by atoms with E-state index in [0.717, 1.165) is 29.8 Å². The molecule has 0 amide bonds. The topological polar surface area (TPSA) is 22.6 Å². The van der Waals surface area contributed by atoms with Crippen LogP contribution in [0.2, 0.25) is 5.02 Å². The highest BCUT2D eigenvalue weighted by molar-refractivity contribution is 6.32. The van der Waals surface area contributed by atoms with E-state index in [4.69, 9.17) is 11.6 Å². The fourth-order valence-corrected chi connectivity index (χ4v) is 3.65. The van der Waals surface area contributed by atoms with Gasteiger partial charge in [-0.05, 0) is 37.9 Å². The van der Waals surface area contributed by atoms with Crippen LogP contribution in [0.5, 0.6) is 0 Å². The summed E-state index contributed by atoms with van der Waals surface area (Å²) in [6.07, 6.45) is 4.41. The number of halogens is 1. The number of aromatic nitrogens is 1. The maximum atomic E-state index is 6.29. The van der Waals surface area contributed by atoms with Crippen molar-refractivity contribution in [1.82, 2.24) is 14.8 Å². The summed E-state index contributed by atoms with van der Waals surface area (Å²) in [6, 6.07) is 3.84. The molecule has 0 aliphatic carbocycles. The van der Waals surface area contributed by atoms with Gasteiger partial charge in [-0.2, -0.15) is 0 Å². The fraction of sp³-hybridized carbons (Fsp3) is 0.688. The Bertz CT molecular complexity index is 459. The largest absolute Gasteiger partial charge is 0.355 e. The van der Waals surface area contributed by atoms with Crippen LogP contribution in [0.25, 0.3) is 0 Å². The van der Waals surface area contributed by atoms with Gasteiger partial charge in [0.25, 0.3) is 0 Å². The van der Waals surface area contributed by atoms with E-state index in [9.17, 15) is 0 Å². The first-order valence-corrected chi connectivity index (χ1v) is 8.36. The predicted molar refractivity (Wildman–Crippen MR) is 88.1 cm³/mol. The molecule has 3 rings (SSSR count). The van der Waals surface area contributed by atoms with Crippen molar-refractivity contribution >= 4 is 17.4 Å². The number of hydrogen-bond acceptors (Lipinski definition) is 4. The van der Waals surface area contributed by atoms with Gasteiger partial charge in [-0.15, -0.1) is 0 Å². The molecule has 4 nitrogen and oxygen atoms in total. The van der Waals surface area contributed by atoms with Crippen molar-refractivity contribution < 1.29 is 0 Å². The monoisotopic (exact) mass is 308 g/mol. The molecule has 2 fully saturated rings. The van der Waals surface area contributed by atoms with Crippen LogP contribution in [-0.4, -0.2) is 67.6 Å². The second-order valence-electron chi connectivity index (χ2n) is 6.37. The smallest absolute Gasteiger partial charge is 0.147 e. The van der Waals surface area contributed by atoms with Crippen molar-refractivity contribution in [2.24, 2.45) is 5.92 Å². The molecule has 0 saturated carbocycles. The molecule has 0 spiro atoms. The second kappa shape index (κ2) is 6.95. The average Bonchev–Trinajstić information content (AvgIpc) is 2.50. The summed E-state index contributed by atoms with van der Waals surface area (Å²) in [5, 5.41) is 0.776. The fourth-order valence-electron chi connectivity index (χ4n) is 3.41. The van der Waals surface area contributed by atoms with Crippen LogP contribution in [0.4, 0.5) is 5.82 Å². The number of pyridine rings is 1. The zero-order valence-corrected chi connectivity index (χ0v) is 13.6. The quantitative estimate of drug-likeness (QED) is 0.854. The normalized spacial score (nSPS) is 25.2. The zero-order chi connectivity index (χ0) is 14.7. The SMILES string of the molecule is CN1CCN(C[C@H]2CCCN(c3ncccc3Cl)C2)CC1. The van der Waals surface area contributed by atoms with E-state index in [0.29, 0.717) is 0 Å². The lowest BCUT2D eigenvalue weighted by Crippen LogP contribution is -2.48. The molecule has 2 aliphatic heterocycles. The minimum absolute atomic E-state index is 0.736. The number of anilines is 1. The lowest BCUT2D eigenvalue weighted by atomic mass is 9.97. The summed E-state index contributed by atoms with van der Waals surface area (Å²) in [6.45, 7) is 8.19. The van der Waals surface area contributed by atoms with Crippen molar-refractivity contribution in [3.05, 3.63) is 23.4 Å². The number of rotatable bonds is 3. The maximum Gasteiger partial charge on any atom is 0.147 e. The molecule has 2 aliphatic rings. The maximum absolute atomic E-state index is 6.29. The third-order valence-electron chi connectivity index (χ3n) is 4.67. The van der Waals surface area contributed by atoms with Crippen molar-refractivity contribution in [2.45, 2.75) is 12.8 Å². The Kier molecular flexibility index (Phi) is 4.99. The van der Waals surface area contributed by atoms with Crippen molar-refractivity contribution in [1.29, 1.82) is 0 Å². The third kappa shape index (κ3) is 3.87. The van der Waals surface area contributed by atoms with Gasteiger partial charge in [-0.3, -0.25) is 0 Å². The standard InChI is InChI=1S/C16H25ClN4/c1-19-8-10-20(11-9-19)12-14-4-3-7-21(13-14)16-15(17)5-2-6-18-16/h2,5-6,14H,3-4,7-13H2,1H3/t14-/m1/s1. The lowest BCUT2D eigenvalue weighted by molar-refractivity contribution is 0.131. The Morgan fingerprint density at radius 2 is 2.05 bits per heavy atom. The average molecular weight is 309 g/mol. The van der Waals surface area contributed by atoms with Gasteiger partial charge < -0.3 is 14.7 Å². The first kappa shape index (κ1) is 15.1. The molecule has 1 atom stereocenters. The summed E-state index contributed by atoms with van der Waals surface area (Å²) < 4.78 is 0. The van der Waals surface area contributed by atoms with Gasteiger partial charge in [0, 0.05) is 52.0 Å². The third-order valence-corrected chi connectivity index (χ3v) is 4.96. The summed E-state index contributed by atoms with van der Waals surface area (Å²) in [5.41, 5.74) is 0. The van der Waals surface area contributed by atoms with E-state index in [-0.39, 0.29) is 0 Å². The first-order valence-electron chi connectivity index (χ1n) is 7.99. The minimum Gasteiger partial charge on any atom is -0.355 e. The van der Waals surface area contributed by atoms with Crippen LogP contribution in [0, 0.1) is 5.92 Å². The van der Waals surface area contributed by atoms with Gasteiger partial charge >= 0.3 is 0 Å². The molecule has 5 heteroatoms. The minimum atomic E-state index is 0.736. The highest BCUT2D eigenvalue weighted by Crippen LogP contribution is 2.27. The Balaban J connectivity index is 1.57. The Hall–Kier alpha value is -0.840. The molecule has 2 saturated heterocycles. The summed E-state index contributed by atoms with van der Waals surface area (Å²) >= 11 is 6.29. The highest BCUT2D eigenvalue weighted by atomic mass is 35.5. The van der Waals surface area contributed by atoms with E-state index < -0.39 is 0 Å². The van der Waals surface area contributed by atoms with Crippen LogP contribution < -0.4 is 4.90 Å². The predicted octanol–water partition coefficient (Wildman–Crippen LogP) is 2.20. The first-order chi connectivity index (χ1) is 10.2.